The van der Waals surface area contributed by atoms with Crippen LogP contribution in [0.3, 0.4) is 0 Å². The van der Waals surface area contributed by atoms with E-state index in [4.69, 9.17) is 4.74 Å². The number of carbonyl (C=O) groups excluding carboxylic acids is 1. The molecule has 0 amide bonds. The van der Waals surface area contributed by atoms with Gasteiger partial charge in [-0.1, -0.05) is 36.4 Å². The molecule has 3 aromatic rings. The maximum Gasteiger partial charge on any atom is 0.340 e. The number of esters is 1. The molecule has 0 radical (unpaired) electrons. The number of sulfonamides is 1. The summed E-state index contributed by atoms with van der Waals surface area (Å²) in [4.78, 5) is 15.5. The van der Waals surface area contributed by atoms with E-state index in [1.165, 1.54) is 7.11 Å². The zero-order valence-corrected chi connectivity index (χ0v) is 19.4. The Bertz CT molecular complexity index is 1270. The van der Waals surface area contributed by atoms with E-state index < -0.39 is 16.0 Å². The Morgan fingerprint density at radius 2 is 1.91 bits per heavy atom. The van der Waals surface area contributed by atoms with Crippen LogP contribution >= 0.6 is 11.3 Å². The lowest BCUT2D eigenvalue weighted by molar-refractivity contribution is 0.0595. The highest BCUT2D eigenvalue weighted by molar-refractivity contribution is 7.94. The summed E-state index contributed by atoms with van der Waals surface area (Å²) in [5.41, 5.74) is 2.90. The van der Waals surface area contributed by atoms with Crippen molar-refractivity contribution in [3.8, 4) is 5.75 Å². The summed E-state index contributed by atoms with van der Waals surface area (Å²) in [5.74, 6) is -0.424. The van der Waals surface area contributed by atoms with Crippen molar-refractivity contribution >= 4 is 33.0 Å². The van der Waals surface area contributed by atoms with Crippen LogP contribution in [-0.2, 0) is 34.3 Å². The van der Waals surface area contributed by atoms with Crippen LogP contribution in [0, 0.1) is 6.92 Å². The quantitative estimate of drug-likeness (QED) is 0.528. The Labute approximate surface area is 191 Å². The number of nitrogens with zero attached hydrogens (tertiary/aromatic N) is 1. The second kappa shape index (κ2) is 8.93. The number of benzene rings is 2. The molecule has 0 bridgehead atoms. The number of ether oxygens (including phenoxy) is 1. The summed E-state index contributed by atoms with van der Waals surface area (Å²) in [6.07, 6.45) is 0.518. The minimum atomic E-state index is -3.99. The summed E-state index contributed by atoms with van der Waals surface area (Å²) in [7, 11) is -2.73. The van der Waals surface area contributed by atoms with E-state index in [1.54, 1.807) is 24.3 Å². The lowest BCUT2D eigenvalue weighted by Gasteiger charge is -2.27. The number of hydrogen-bond donors (Lipinski definition) is 2. The second-order valence-corrected chi connectivity index (χ2v) is 10.7. The molecule has 7 nitrogen and oxygen atoms in total. The first-order valence-corrected chi connectivity index (χ1v) is 12.4. The minimum absolute atomic E-state index is 0.0259. The summed E-state index contributed by atoms with van der Waals surface area (Å²) in [6, 6.07) is 14.2. The van der Waals surface area contributed by atoms with Crippen LogP contribution in [0.4, 0.5) is 5.69 Å². The van der Waals surface area contributed by atoms with Crippen molar-refractivity contribution in [2.75, 3.05) is 18.4 Å². The van der Waals surface area contributed by atoms with Gasteiger partial charge < -0.3 is 9.84 Å². The van der Waals surface area contributed by atoms with E-state index in [-0.39, 0.29) is 15.5 Å². The highest BCUT2D eigenvalue weighted by Gasteiger charge is 2.34. The molecule has 1 aliphatic heterocycles. The fourth-order valence-electron chi connectivity index (χ4n) is 3.83. The summed E-state index contributed by atoms with van der Waals surface area (Å²) in [5, 5.41) is 10.1. The minimum Gasteiger partial charge on any atom is -0.508 e. The number of thiophene rings is 1. The number of fused-ring (bicyclic) bond motifs is 1. The predicted octanol–water partition coefficient (Wildman–Crippen LogP) is 3.91. The monoisotopic (exact) mass is 472 g/mol. The van der Waals surface area contributed by atoms with E-state index >= 15 is 0 Å². The van der Waals surface area contributed by atoms with Crippen LogP contribution in [0.25, 0.3) is 0 Å². The van der Waals surface area contributed by atoms with Gasteiger partial charge in [0.05, 0.1) is 18.4 Å². The van der Waals surface area contributed by atoms with E-state index in [1.807, 2.05) is 31.2 Å². The van der Waals surface area contributed by atoms with Gasteiger partial charge in [0.15, 0.2) is 4.21 Å². The number of carbonyl (C=O) groups is 1. The molecule has 2 N–H and O–H groups in total. The molecule has 0 saturated heterocycles. The number of methoxy groups -OCH3 is 1. The largest absolute Gasteiger partial charge is 0.508 e. The number of phenolic OH excluding ortho intramolecular Hbond substituents is 1. The molecule has 1 aromatic heterocycles. The van der Waals surface area contributed by atoms with Crippen molar-refractivity contribution in [1.82, 2.24) is 4.90 Å². The average Bonchev–Trinajstić information content (AvgIpc) is 3.16. The van der Waals surface area contributed by atoms with E-state index in [0.29, 0.717) is 31.7 Å². The molecular weight excluding hydrogens is 448 g/mol. The molecule has 4 rings (SSSR count). The predicted molar refractivity (Wildman–Crippen MR) is 124 cm³/mol. The average molecular weight is 473 g/mol. The van der Waals surface area contributed by atoms with Crippen LogP contribution in [0.2, 0.25) is 0 Å². The Hall–Kier alpha value is -2.88. The van der Waals surface area contributed by atoms with Crippen molar-refractivity contribution in [1.29, 1.82) is 0 Å². The number of anilines is 1. The molecule has 2 heterocycles. The van der Waals surface area contributed by atoms with E-state index in [0.717, 1.165) is 32.9 Å². The maximum absolute atomic E-state index is 13.3. The molecule has 0 atom stereocenters. The smallest absolute Gasteiger partial charge is 0.340 e. The number of para-hydroxylation sites is 2. The second-order valence-electron chi connectivity index (χ2n) is 7.67. The third-order valence-electron chi connectivity index (χ3n) is 5.51. The molecule has 0 spiro atoms. The molecule has 0 fully saturated rings. The van der Waals surface area contributed by atoms with Crippen molar-refractivity contribution in [2.24, 2.45) is 0 Å². The molecule has 168 valence electrons. The third-order valence-corrected chi connectivity index (χ3v) is 8.61. The van der Waals surface area contributed by atoms with Crippen LogP contribution in [-0.4, -0.2) is 38.0 Å². The van der Waals surface area contributed by atoms with Crippen LogP contribution in [0.5, 0.6) is 5.75 Å². The van der Waals surface area contributed by atoms with Gasteiger partial charge in [-0.05, 0) is 36.6 Å². The number of aryl methyl sites for hydroxylation is 1. The summed E-state index contributed by atoms with van der Waals surface area (Å²) in [6.45, 7) is 3.46. The lowest BCUT2D eigenvalue weighted by atomic mass is 10.0. The normalized spacial score (nSPS) is 14.1. The fourth-order valence-corrected chi connectivity index (χ4v) is 6.89. The van der Waals surface area contributed by atoms with Gasteiger partial charge in [-0.2, -0.15) is 0 Å². The first kappa shape index (κ1) is 22.3. The Morgan fingerprint density at radius 1 is 1.19 bits per heavy atom. The van der Waals surface area contributed by atoms with Gasteiger partial charge in [0, 0.05) is 30.1 Å². The van der Waals surface area contributed by atoms with Gasteiger partial charge >= 0.3 is 5.97 Å². The molecule has 2 aromatic carbocycles. The summed E-state index contributed by atoms with van der Waals surface area (Å²) >= 11 is 1.10. The van der Waals surface area contributed by atoms with Crippen LogP contribution in [0.1, 0.15) is 31.9 Å². The van der Waals surface area contributed by atoms with Gasteiger partial charge in [-0.3, -0.25) is 9.62 Å². The highest BCUT2D eigenvalue weighted by atomic mass is 32.2. The van der Waals surface area contributed by atoms with Crippen molar-refractivity contribution < 1.29 is 23.1 Å². The number of nitrogens with one attached hydrogen (secondary N) is 1. The fraction of sp³-hybridized carbons (Fsp3) is 0.261. The molecule has 0 aliphatic carbocycles. The van der Waals surface area contributed by atoms with E-state index in [2.05, 4.69) is 9.62 Å². The first-order chi connectivity index (χ1) is 15.3. The third kappa shape index (κ3) is 4.36. The van der Waals surface area contributed by atoms with Gasteiger partial charge in [-0.25, -0.2) is 13.2 Å². The molecule has 0 saturated carbocycles. The Morgan fingerprint density at radius 3 is 2.62 bits per heavy atom. The molecule has 0 unspecified atom stereocenters. The summed E-state index contributed by atoms with van der Waals surface area (Å²) < 4.78 is 34.1. The maximum atomic E-state index is 13.3. The van der Waals surface area contributed by atoms with Crippen LogP contribution in [0.15, 0.2) is 52.7 Å². The number of phenols is 1. The Balaban J connectivity index is 1.68. The Kier molecular flexibility index (Phi) is 6.23. The zero-order chi connectivity index (χ0) is 22.9. The molecule has 32 heavy (non-hydrogen) atoms. The number of hydrogen-bond acceptors (Lipinski definition) is 7. The lowest BCUT2D eigenvalue weighted by Crippen LogP contribution is -2.30. The zero-order valence-electron chi connectivity index (χ0n) is 17.8. The number of aromatic hydroxyl groups is 1. The molecule has 1 aliphatic rings. The standard InChI is InChI=1S/C23H24N2O5S2/c1-15-7-3-5-9-18(15)24-32(28,29)23-21(22(27)30-2)17-11-12-25(14-20(17)31-23)13-16-8-4-6-10-19(16)26/h3-10,24,26H,11-14H2,1-2H3. The first-order valence-electron chi connectivity index (χ1n) is 10.1. The van der Waals surface area contributed by atoms with Crippen molar-refractivity contribution in [3.63, 3.8) is 0 Å². The number of rotatable bonds is 6. The molecular formula is C23H24N2O5S2. The SMILES string of the molecule is COC(=O)c1c(S(=O)(=O)Nc2ccccc2C)sc2c1CCN(Cc1ccccc1O)C2. The van der Waals surface area contributed by atoms with Gasteiger partial charge in [0.25, 0.3) is 10.0 Å². The van der Waals surface area contributed by atoms with Crippen LogP contribution < -0.4 is 4.72 Å². The highest BCUT2D eigenvalue weighted by Crippen LogP contribution is 2.38. The van der Waals surface area contributed by atoms with Crippen molar-refractivity contribution in [3.05, 3.63) is 75.7 Å². The molecule has 9 heteroatoms. The van der Waals surface area contributed by atoms with Gasteiger partial charge in [-0.15, -0.1) is 11.3 Å². The van der Waals surface area contributed by atoms with E-state index in [9.17, 15) is 18.3 Å². The van der Waals surface area contributed by atoms with Gasteiger partial charge in [0.1, 0.15) is 5.75 Å². The topological polar surface area (TPSA) is 95.9 Å². The van der Waals surface area contributed by atoms with Crippen molar-refractivity contribution in [2.45, 2.75) is 30.6 Å². The van der Waals surface area contributed by atoms with Gasteiger partial charge in [0.2, 0.25) is 0 Å².